The van der Waals surface area contributed by atoms with Gasteiger partial charge in [-0.05, 0) is 37.1 Å². The number of carbonyl (C=O) groups excluding carboxylic acids is 2. The summed E-state index contributed by atoms with van der Waals surface area (Å²) in [7, 11) is 0. The molecule has 130 valence electrons. The van der Waals surface area contributed by atoms with Crippen LogP contribution in [0.15, 0.2) is 66.7 Å². The summed E-state index contributed by atoms with van der Waals surface area (Å²) in [6.45, 7) is 8.29. The van der Waals surface area contributed by atoms with E-state index < -0.39 is 5.97 Å². The maximum absolute atomic E-state index is 12.1. The second kappa shape index (κ2) is 8.83. The number of ether oxygens (including phenoxy) is 1. The predicted molar refractivity (Wildman–Crippen MR) is 99.2 cm³/mol. The van der Waals surface area contributed by atoms with Gasteiger partial charge in [0, 0.05) is 13.1 Å². The maximum Gasteiger partial charge on any atom is 0.338 e. The molecule has 0 aliphatic carbocycles. The van der Waals surface area contributed by atoms with Crippen LogP contribution in [0.4, 0.5) is 0 Å². The number of hydrogen-bond donors (Lipinski definition) is 0. The van der Waals surface area contributed by atoms with Gasteiger partial charge >= 0.3 is 5.97 Å². The van der Waals surface area contributed by atoms with Crippen LogP contribution >= 0.6 is 0 Å². The van der Waals surface area contributed by atoms with Gasteiger partial charge in [0.25, 0.3) is 5.91 Å². The first-order valence-corrected chi connectivity index (χ1v) is 8.26. The summed E-state index contributed by atoms with van der Waals surface area (Å²) >= 11 is 0. The molecule has 2 rings (SSSR count). The monoisotopic (exact) mass is 337 g/mol. The number of hydrogen-bond acceptors (Lipinski definition) is 3. The lowest BCUT2D eigenvalue weighted by atomic mass is 10.0. The van der Waals surface area contributed by atoms with Gasteiger partial charge in [0.05, 0.1) is 5.56 Å². The van der Waals surface area contributed by atoms with E-state index in [1.165, 1.54) is 0 Å². The Morgan fingerprint density at radius 1 is 1.00 bits per heavy atom. The van der Waals surface area contributed by atoms with Crippen molar-refractivity contribution in [1.29, 1.82) is 0 Å². The number of likely N-dealkylation sites (N-methyl/N-ethyl adjacent to an activating group) is 1. The average molecular weight is 337 g/mol. The van der Waals surface area contributed by atoms with Crippen LogP contribution in [0.5, 0.6) is 0 Å². The largest absolute Gasteiger partial charge is 0.452 e. The molecule has 0 saturated carbocycles. The van der Waals surface area contributed by atoms with E-state index >= 15 is 0 Å². The molecule has 0 atom stereocenters. The van der Waals surface area contributed by atoms with Crippen LogP contribution in [0.25, 0.3) is 11.1 Å². The lowest BCUT2D eigenvalue weighted by molar-refractivity contribution is -0.133. The third kappa shape index (κ3) is 5.31. The highest BCUT2D eigenvalue weighted by atomic mass is 16.5. The summed E-state index contributed by atoms with van der Waals surface area (Å²) in [4.78, 5) is 25.8. The molecular weight excluding hydrogens is 314 g/mol. The van der Waals surface area contributed by atoms with E-state index in [0.717, 1.165) is 16.7 Å². The molecule has 2 aromatic carbocycles. The fourth-order valence-corrected chi connectivity index (χ4v) is 2.43. The van der Waals surface area contributed by atoms with Crippen molar-refractivity contribution in [2.45, 2.75) is 13.8 Å². The van der Waals surface area contributed by atoms with Crippen LogP contribution in [0.2, 0.25) is 0 Å². The van der Waals surface area contributed by atoms with E-state index in [9.17, 15) is 9.59 Å². The summed E-state index contributed by atoms with van der Waals surface area (Å²) in [6, 6.07) is 17.1. The highest BCUT2D eigenvalue weighted by molar-refractivity contribution is 5.91. The molecule has 0 N–H and O–H groups in total. The number of rotatable bonds is 7. The summed E-state index contributed by atoms with van der Waals surface area (Å²) in [5.74, 6) is -0.723. The zero-order valence-electron chi connectivity index (χ0n) is 14.7. The summed E-state index contributed by atoms with van der Waals surface area (Å²) in [6.07, 6.45) is 0. The zero-order valence-corrected chi connectivity index (χ0v) is 14.7. The van der Waals surface area contributed by atoms with Gasteiger partial charge in [-0.1, -0.05) is 54.6 Å². The van der Waals surface area contributed by atoms with Gasteiger partial charge in [-0.15, -0.1) is 0 Å². The quantitative estimate of drug-likeness (QED) is 0.568. The minimum absolute atomic E-state index is 0.222. The van der Waals surface area contributed by atoms with Crippen molar-refractivity contribution >= 4 is 11.9 Å². The summed E-state index contributed by atoms with van der Waals surface area (Å²) in [5.41, 5.74) is 3.41. The van der Waals surface area contributed by atoms with E-state index in [0.29, 0.717) is 18.7 Å². The second-order valence-electron chi connectivity index (χ2n) is 5.88. The van der Waals surface area contributed by atoms with Gasteiger partial charge in [-0.25, -0.2) is 4.79 Å². The van der Waals surface area contributed by atoms with Crippen LogP contribution in [-0.4, -0.2) is 36.5 Å². The van der Waals surface area contributed by atoms with Gasteiger partial charge in [0.15, 0.2) is 6.61 Å². The molecule has 0 aliphatic heterocycles. The molecule has 0 spiro atoms. The lowest BCUT2D eigenvalue weighted by Crippen LogP contribution is -2.35. The van der Waals surface area contributed by atoms with Gasteiger partial charge in [0.1, 0.15) is 0 Å². The van der Waals surface area contributed by atoms with Crippen LogP contribution < -0.4 is 0 Å². The Morgan fingerprint density at radius 3 is 2.16 bits per heavy atom. The molecule has 0 heterocycles. The standard InChI is InChI=1S/C21H23NO3/c1-4-22(14-16(2)3)20(23)15-25-21(24)19-12-10-18(11-13-19)17-8-6-5-7-9-17/h5-13H,2,4,14-15H2,1,3H3. The van der Waals surface area contributed by atoms with Crippen molar-refractivity contribution in [2.75, 3.05) is 19.7 Å². The number of nitrogens with zero attached hydrogens (tertiary/aromatic N) is 1. The third-order valence-electron chi connectivity index (χ3n) is 3.75. The van der Waals surface area contributed by atoms with Crippen LogP contribution in [0, 0.1) is 0 Å². The predicted octanol–water partition coefficient (Wildman–Crippen LogP) is 3.94. The fourth-order valence-electron chi connectivity index (χ4n) is 2.43. The van der Waals surface area contributed by atoms with E-state index in [4.69, 9.17) is 4.74 Å². The minimum atomic E-state index is -0.501. The molecule has 0 aromatic heterocycles. The molecule has 1 amide bonds. The Kier molecular flexibility index (Phi) is 6.52. The molecule has 0 bridgehead atoms. The van der Waals surface area contributed by atoms with Crippen molar-refractivity contribution in [2.24, 2.45) is 0 Å². The van der Waals surface area contributed by atoms with E-state index in [1.807, 2.05) is 56.3 Å². The highest BCUT2D eigenvalue weighted by Crippen LogP contribution is 2.19. The fraction of sp³-hybridized carbons (Fsp3) is 0.238. The van der Waals surface area contributed by atoms with Crippen molar-refractivity contribution in [3.05, 3.63) is 72.3 Å². The van der Waals surface area contributed by atoms with E-state index in [1.54, 1.807) is 17.0 Å². The SMILES string of the molecule is C=C(C)CN(CC)C(=O)COC(=O)c1ccc(-c2ccccc2)cc1. The van der Waals surface area contributed by atoms with Crippen LogP contribution in [0.1, 0.15) is 24.2 Å². The molecule has 4 heteroatoms. The highest BCUT2D eigenvalue weighted by Gasteiger charge is 2.15. The topological polar surface area (TPSA) is 46.6 Å². The van der Waals surface area contributed by atoms with E-state index in [2.05, 4.69) is 6.58 Å². The molecule has 0 fully saturated rings. The number of carbonyl (C=O) groups is 2. The summed E-state index contributed by atoms with van der Waals surface area (Å²) < 4.78 is 5.14. The Labute approximate surface area is 148 Å². The average Bonchev–Trinajstić information content (AvgIpc) is 2.64. The van der Waals surface area contributed by atoms with E-state index in [-0.39, 0.29) is 12.5 Å². The number of benzene rings is 2. The third-order valence-corrected chi connectivity index (χ3v) is 3.75. The molecule has 25 heavy (non-hydrogen) atoms. The van der Waals surface area contributed by atoms with Crippen LogP contribution in [0.3, 0.4) is 0 Å². The first kappa shape index (κ1) is 18.5. The lowest BCUT2D eigenvalue weighted by Gasteiger charge is -2.20. The number of esters is 1. The minimum Gasteiger partial charge on any atom is -0.452 e. The van der Waals surface area contributed by atoms with Crippen molar-refractivity contribution in [1.82, 2.24) is 4.90 Å². The molecular formula is C21H23NO3. The van der Waals surface area contributed by atoms with Gasteiger partial charge in [-0.2, -0.15) is 0 Å². The van der Waals surface area contributed by atoms with Gasteiger partial charge in [0.2, 0.25) is 0 Å². The Hall–Kier alpha value is -2.88. The Balaban J connectivity index is 1.95. The normalized spacial score (nSPS) is 10.2. The van der Waals surface area contributed by atoms with Crippen molar-refractivity contribution < 1.29 is 14.3 Å². The van der Waals surface area contributed by atoms with Crippen molar-refractivity contribution in [3.63, 3.8) is 0 Å². The molecule has 4 nitrogen and oxygen atoms in total. The van der Waals surface area contributed by atoms with Crippen LogP contribution in [-0.2, 0) is 9.53 Å². The molecule has 0 aliphatic rings. The Bertz CT molecular complexity index is 735. The molecule has 0 saturated heterocycles. The molecule has 0 unspecified atom stereocenters. The first-order chi connectivity index (χ1) is 12.0. The second-order valence-corrected chi connectivity index (χ2v) is 5.88. The Morgan fingerprint density at radius 2 is 1.60 bits per heavy atom. The number of amides is 1. The van der Waals surface area contributed by atoms with Gasteiger partial charge in [-0.3, -0.25) is 4.79 Å². The zero-order chi connectivity index (χ0) is 18.2. The van der Waals surface area contributed by atoms with Gasteiger partial charge < -0.3 is 9.64 Å². The first-order valence-electron chi connectivity index (χ1n) is 8.26. The molecule has 0 radical (unpaired) electrons. The summed E-state index contributed by atoms with van der Waals surface area (Å²) in [5, 5.41) is 0. The maximum atomic E-state index is 12.1. The molecule has 2 aromatic rings. The van der Waals surface area contributed by atoms with Crippen molar-refractivity contribution in [3.8, 4) is 11.1 Å². The smallest absolute Gasteiger partial charge is 0.338 e.